The Hall–Kier alpha value is -3.34. The highest BCUT2D eigenvalue weighted by Gasteiger charge is 2.27. The molecule has 0 bridgehead atoms. The van der Waals surface area contributed by atoms with Crippen LogP contribution in [-0.2, 0) is 14.8 Å². The molecule has 1 amide bonds. The molecule has 0 aliphatic carbocycles. The van der Waals surface area contributed by atoms with Gasteiger partial charge in [-0.25, -0.2) is 13.8 Å². The highest BCUT2D eigenvalue weighted by atomic mass is 79.9. The number of anilines is 1. The molecule has 0 saturated heterocycles. The van der Waals surface area contributed by atoms with Crippen LogP contribution in [0, 0.1) is 20.8 Å². The Morgan fingerprint density at radius 3 is 2.36 bits per heavy atom. The van der Waals surface area contributed by atoms with Crippen LogP contribution in [0.5, 0.6) is 0 Å². The fourth-order valence-corrected chi connectivity index (χ4v) is 6.39. The molecule has 1 N–H and O–H groups in total. The SMILES string of the molecule is CSc1ccc(S(=O)(=O)N(CC(=O)N/N=C/c2cc(C)n(-c3cccc(Br)c3)c2C)c2ccc(C)cc2)cc1. The second-order valence-corrected chi connectivity index (χ2v) is 12.6. The minimum atomic E-state index is -4.00. The van der Waals surface area contributed by atoms with Gasteiger partial charge in [0.2, 0.25) is 0 Å². The largest absolute Gasteiger partial charge is 0.318 e. The summed E-state index contributed by atoms with van der Waals surface area (Å²) >= 11 is 5.04. The second-order valence-electron chi connectivity index (χ2n) is 8.96. The lowest BCUT2D eigenvalue weighted by Crippen LogP contribution is -2.39. The van der Waals surface area contributed by atoms with Crippen molar-refractivity contribution in [2.45, 2.75) is 30.6 Å². The number of amides is 1. The lowest BCUT2D eigenvalue weighted by molar-refractivity contribution is -0.119. The number of carbonyl (C=O) groups is 1. The van der Waals surface area contributed by atoms with Gasteiger partial charge in [0.1, 0.15) is 6.54 Å². The Morgan fingerprint density at radius 1 is 1.03 bits per heavy atom. The van der Waals surface area contributed by atoms with Gasteiger partial charge in [0.25, 0.3) is 15.9 Å². The van der Waals surface area contributed by atoms with Crippen LogP contribution in [0.15, 0.2) is 98.2 Å². The predicted molar refractivity (Wildman–Crippen MR) is 163 cm³/mol. The molecule has 0 atom stereocenters. The Kier molecular flexibility index (Phi) is 8.99. The van der Waals surface area contributed by atoms with Gasteiger partial charge >= 0.3 is 0 Å². The van der Waals surface area contributed by atoms with Gasteiger partial charge in [0.15, 0.2) is 0 Å². The maximum absolute atomic E-state index is 13.6. The molecule has 0 saturated carbocycles. The molecule has 4 aromatic rings. The van der Waals surface area contributed by atoms with Gasteiger partial charge < -0.3 is 4.57 Å². The number of sulfonamides is 1. The maximum atomic E-state index is 13.6. The van der Waals surface area contributed by atoms with E-state index >= 15 is 0 Å². The van der Waals surface area contributed by atoms with Crippen LogP contribution in [0.3, 0.4) is 0 Å². The number of nitrogens with one attached hydrogen (secondary N) is 1. The third-order valence-corrected chi connectivity index (χ3v) is 9.21. The number of rotatable bonds is 9. The molecule has 0 aliphatic rings. The number of halogens is 1. The first-order valence-electron chi connectivity index (χ1n) is 12.1. The number of hydrogen-bond acceptors (Lipinski definition) is 5. The van der Waals surface area contributed by atoms with Crippen molar-refractivity contribution in [1.29, 1.82) is 0 Å². The summed E-state index contributed by atoms with van der Waals surface area (Å²) in [6.45, 7) is 5.47. The topological polar surface area (TPSA) is 83.8 Å². The molecule has 0 fully saturated rings. The van der Waals surface area contributed by atoms with Crippen LogP contribution in [0.1, 0.15) is 22.5 Å². The number of nitrogens with zero attached hydrogens (tertiary/aromatic N) is 3. The van der Waals surface area contributed by atoms with Crippen LogP contribution < -0.4 is 9.73 Å². The number of benzene rings is 3. The first kappa shape index (κ1) is 28.7. The van der Waals surface area contributed by atoms with Crippen LogP contribution in [-0.4, -0.2) is 37.9 Å². The maximum Gasteiger partial charge on any atom is 0.264 e. The van der Waals surface area contributed by atoms with Crippen molar-refractivity contribution in [3.05, 3.63) is 106 Å². The number of aromatic nitrogens is 1. The molecule has 0 aliphatic heterocycles. The number of hydrogen-bond donors (Lipinski definition) is 1. The Labute approximate surface area is 242 Å². The average molecular weight is 626 g/mol. The Morgan fingerprint density at radius 2 is 1.72 bits per heavy atom. The monoisotopic (exact) mass is 624 g/mol. The van der Waals surface area contributed by atoms with Crippen molar-refractivity contribution < 1.29 is 13.2 Å². The molecule has 0 spiro atoms. The summed E-state index contributed by atoms with van der Waals surface area (Å²) in [5, 5.41) is 4.13. The Balaban J connectivity index is 1.55. The number of thioether (sulfide) groups is 1. The van der Waals surface area contributed by atoms with Gasteiger partial charge in [-0.1, -0.05) is 39.7 Å². The molecule has 4 rings (SSSR count). The highest BCUT2D eigenvalue weighted by Crippen LogP contribution is 2.26. The molecule has 3 aromatic carbocycles. The summed E-state index contributed by atoms with van der Waals surface area (Å²) in [6.07, 6.45) is 3.49. The van der Waals surface area contributed by atoms with Crippen LogP contribution in [0.25, 0.3) is 5.69 Å². The predicted octanol–water partition coefficient (Wildman–Crippen LogP) is 6.23. The minimum Gasteiger partial charge on any atom is -0.318 e. The molecule has 10 heteroatoms. The van der Waals surface area contributed by atoms with E-state index in [1.165, 1.54) is 11.8 Å². The van der Waals surface area contributed by atoms with E-state index in [2.05, 4.69) is 31.0 Å². The van der Waals surface area contributed by atoms with Gasteiger partial charge in [-0.15, -0.1) is 11.8 Å². The number of aryl methyl sites for hydroxylation is 2. The van der Waals surface area contributed by atoms with Crippen molar-refractivity contribution in [3.8, 4) is 5.69 Å². The van der Waals surface area contributed by atoms with Gasteiger partial charge in [-0.2, -0.15) is 5.10 Å². The summed E-state index contributed by atoms with van der Waals surface area (Å²) < 4.78 is 31.3. The summed E-state index contributed by atoms with van der Waals surface area (Å²) in [7, 11) is -4.00. The molecule has 1 aromatic heterocycles. The Bertz CT molecular complexity index is 1610. The first-order chi connectivity index (χ1) is 18.6. The quantitative estimate of drug-likeness (QED) is 0.136. The molecule has 39 heavy (non-hydrogen) atoms. The van der Waals surface area contributed by atoms with Crippen LogP contribution >= 0.6 is 27.7 Å². The molecule has 0 radical (unpaired) electrons. The van der Waals surface area contributed by atoms with E-state index in [1.807, 2.05) is 69.5 Å². The normalized spacial score (nSPS) is 11.6. The van der Waals surface area contributed by atoms with Crippen molar-refractivity contribution in [1.82, 2.24) is 9.99 Å². The lowest BCUT2D eigenvalue weighted by atomic mass is 10.2. The van der Waals surface area contributed by atoms with Crippen LogP contribution in [0.2, 0.25) is 0 Å². The standard InChI is InChI=1S/C29H29BrN4O3S2/c1-20-8-10-25(11-9-20)33(39(36,37)28-14-12-27(38-4)13-15-28)19-29(35)32-31-18-23-16-21(2)34(22(23)3)26-7-5-6-24(30)17-26/h5-18H,19H2,1-4H3,(H,32,35)/b31-18+. The zero-order valence-electron chi connectivity index (χ0n) is 22.1. The van der Waals surface area contributed by atoms with E-state index in [4.69, 9.17) is 0 Å². The molecular formula is C29H29BrN4O3S2. The fourth-order valence-electron chi connectivity index (χ4n) is 4.17. The van der Waals surface area contributed by atoms with Gasteiger partial charge in [0, 0.05) is 32.0 Å². The van der Waals surface area contributed by atoms with Crippen molar-refractivity contribution in [3.63, 3.8) is 0 Å². The zero-order valence-corrected chi connectivity index (χ0v) is 25.3. The molecule has 0 unspecified atom stereocenters. The fraction of sp³-hybridized carbons (Fsp3) is 0.172. The number of hydrazone groups is 1. The second kappa shape index (κ2) is 12.2. The summed E-state index contributed by atoms with van der Waals surface area (Å²) in [4.78, 5) is 14.0. The van der Waals surface area contributed by atoms with E-state index in [0.29, 0.717) is 5.69 Å². The first-order valence-corrected chi connectivity index (χ1v) is 15.6. The molecule has 7 nitrogen and oxygen atoms in total. The van der Waals surface area contributed by atoms with E-state index in [0.717, 1.165) is 41.9 Å². The van der Waals surface area contributed by atoms with Crippen molar-refractivity contribution in [2.24, 2.45) is 5.10 Å². The lowest BCUT2D eigenvalue weighted by Gasteiger charge is -2.24. The summed E-state index contributed by atoms with van der Waals surface area (Å²) in [6, 6.07) is 23.6. The molecule has 202 valence electrons. The number of carbonyl (C=O) groups excluding carboxylic acids is 1. The smallest absolute Gasteiger partial charge is 0.264 e. The van der Waals surface area contributed by atoms with Gasteiger partial charge in [0.05, 0.1) is 16.8 Å². The summed E-state index contributed by atoms with van der Waals surface area (Å²) in [5.74, 6) is -0.558. The van der Waals surface area contributed by atoms with E-state index in [1.54, 1.807) is 42.6 Å². The van der Waals surface area contributed by atoms with Gasteiger partial charge in [-0.05, 0) is 87.7 Å². The highest BCUT2D eigenvalue weighted by molar-refractivity contribution is 9.10. The van der Waals surface area contributed by atoms with E-state index in [9.17, 15) is 13.2 Å². The third kappa shape index (κ3) is 6.63. The minimum absolute atomic E-state index is 0.108. The van der Waals surface area contributed by atoms with E-state index in [-0.39, 0.29) is 4.90 Å². The average Bonchev–Trinajstić information content (AvgIpc) is 3.20. The van der Waals surface area contributed by atoms with Crippen molar-refractivity contribution >= 4 is 55.5 Å². The zero-order chi connectivity index (χ0) is 28.2. The van der Waals surface area contributed by atoms with Crippen molar-refractivity contribution in [2.75, 3.05) is 17.1 Å². The molecular weight excluding hydrogens is 596 g/mol. The molecule has 1 heterocycles. The van der Waals surface area contributed by atoms with Crippen LogP contribution in [0.4, 0.5) is 5.69 Å². The third-order valence-electron chi connectivity index (χ3n) is 6.19. The summed E-state index contributed by atoms with van der Waals surface area (Å²) in [5.41, 5.74) is 7.69. The van der Waals surface area contributed by atoms with Gasteiger partial charge in [-0.3, -0.25) is 9.10 Å². The van der Waals surface area contributed by atoms with E-state index < -0.39 is 22.5 Å².